The number of hydrogen-bond acceptors (Lipinski definition) is 9. The summed E-state index contributed by atoms with van der Waals surface area (Å²) in [6, 6.07) is 23.3. The molecule has 0 saturated carbocycles. The lowest BCUT2D eigenvalue weighted by Crippen LogP contribution is -2.46. The summed E-state index contributed by atoms with van der Waals surface area (Å²) < 4.78 is 41.6. The van der Waals surface area contributed by atoms with E-state index in [2.05, 4.69) is 44.0 Å². The van der Waals surface area contributed by atoms with Gasteiger partial charge in [-0.15, -0.1) is 11.3 Å². The number of halogens is 5. The summed E-state index contributed by atoms with van der Waals surface area (Å²) in [5.74, 6) is -2.31. The molecule has 12 nitrogen and oxygen atoms in total. The van der Waals surface area contributed by atoms with Gasteiger partial charge in [-0.1, -0.05) is 55.6 Å². The van der Waals surface area contributed by atoms with Crippen LogP contribution in [0.1, 0.15) is 53.4 Å². The van der Waals surface area contributed by atoms with E-state index in [-0.39, 0.29) is 69.4 Å². The Kier molecular flexibility index (Phi) is 16.9. The Morgan fingerprint density at radius 2 is 1.24 bits per heavy atom. The highest BCUT2D eigenvalue weighted by Crippen LogP contribution is 2.45. The van der Waals surface area contributed by atoms with E-state index >= 15 is 4.39 Å². The van der Waals surface area contributed by atoms with E-state index in [4.69, 9.17) is 31.3 Å². The standard InChI is InChI=1S/C23H21BrF2N2O4.C21H20BrClN2O4S/c24-17-3-6-19(16(11-17)12-21(30)31)32-13-20(29)28-9-7-23(14-27,8-10-28)22(26)15-1-4-18(25)5-2-15;22-15-1-3-17(14(9-15)10-20(27)28)29-12-19(26)25-7-5-21(13-24,6-8-25)11-16-2-4-18(23)30-16/h1-6,11,22H,7-10,12-13H2,(H,30,31);1-4,9H,5-8,10-12H2,(H,27,28). The van der Waals surface area contributed by atoms with Crippen LogP contribution in [0.15, 0.2) is 81.7 Å². The highest BCUT2D eigenvalue weighted by molar-refractivity contribution is 9.10. The number of carboxylic acids is 2. The van der Waals surface area contributed by atoms with Gasteiger partial charge in [-0.3, -0.25) is 19.2 Å². The molecule has 0 radical (unpaired) electrons. The second-order valence-corrected chi connectivity index (χ2v) is 18.6. The van der Waals surface area contributed by atoms with Crippen molar-refractivity contribution in [1.82, 2.24) is 9.80 Å². The number of carboxylic acid groups (broad SMARTS) is 2. The smallest absolute Gasteiger partial charge is 0.307 e. The Hall–Kier alpha value is -5.07. The number of nitrogens with zero attached hydrogens (tertiary/aromatic N) is 4. The summed E-state index contributed by atoms with van der Waals surface area (Å²) in [7, 11) is 0. The molecule has 0 aliphatic carbocycles. The molecule has 3 aromatic carbocycles. The molecule has 2 amide bonds. The average molecular weight is 1020 g/mol. The molecule has 0 spiro atoms. The molecule has 62 heavy (non-hydrogen) atoms. The topological polar surface area (TPSA) is 181 Å². The lowest BCUT2D eigenvalue weighted by molar-refractivity contribution is -0.137. The van der Waals surface area contributed by atoms with Gasteiger partial charge in [0.25, 0.3) is 11.8 Å². The van der Waals surface area contributed by atoms with Crippen LogP contribution in [0.4, 0.5) is 8.78 Å². The lowest BCUT2D eigenvalue weighted by atomic mass is 9.73. The van der Waals surface area contributed by atoms with Crippen molar-refractivity contribution in [3.05, 3.63) is 113 Å². The number of ether oxygens (including phenoxy) is 2. The molecule has 1 unspecified atom stereocenters. The van der Waals surface area contributed by atoms with Crippen LogP contribution in [0.25, 0.3) is 0 Å². The van der Waals surface area contributed by atoms with Gasteiger partial charge in [0.1, 0.15) is 23.5 Å². The maximum absolute atomic E-state index is 15.2. The van der Waals surface area contributed by atoms with Gasteiger partial charge in [-0.25, -0.2) is 8.78 Å². The van der Waals surface area contributed by atoms with Crippen LogP contribution < -0.4 is 9.47 Å². The van der Waals surface area contributed by atoms with Crippen molar-refractivity contribution >= 4 is 78.6 Å². The van der Waals surface area contributed by atoms with E-state index in [0.29, 0.717) is 63.8 Å². The Morgan fingerprint density at radius 1 is 0.758 bits per heavy atom. The van der Waals surface area contributed by atoms with Crippen molar-refractivity contribution in [2.75, 3.05) is 39.4 Å². The fourth-order valence-electron chi connectivity index (χ4n) is 7.26. The largest absolute Gasteiger partial charge is 0.483 e. The van der Waals surface area contributed by atoms with Gasteiger partial charge >= 0.3 is 11.9 Å². The highest BCUT2D eigenvalue weighted by Gasteiger charge is 2.44. The van der Waals surface area contributed by atoms with Crippen LogP contribution in [0.3, 0.4) is 0 Å². The van der Waals surface area contributed by atoms with Crippen LogP contribution in [-0.2, 0) is 38.4 Å². The predicted molar refractivity (Wildman–Crippen MR) is 233 cm³/mol. The third-order valence-electron chi connectivity index (χ3n) is 10.8. The first kappa shape index (κ1) is 48.0. The van der Waals surface area contributed by atoms with Crippen LogP contribution >= 0.6 is 54.8 Å². The zero-order chi connectivity index (χ0) is 45.0. The van der Waals surface area contributed by atoms with Crippen LogP contribution in [-0.4, -0.2) is 83.2 Å². The van der Waals surface area contributed by atoms with Gasteiger partial charge in [-0.05, 0) is 91.9 Å². The summed E-state index contributed by atoms with van der Waals surface area (Å²) in [6.07, 6.45) is 0.0512. The molecule has 6 rings (SSSR count). The van der Waals surface area contributed by atoms with Gasteiger partial charge in [0.15, 0.2) is 13.2 Å². The van der Waals surface area contributed by atoms with Crippen molar-refractivity contribution in [3.63, 3.8) is 0 Å². The summed E-state index contributed by atoms with van der Waals surface area (Å²) in [5, 5.41) is 37.6. The van der Waals surface area contributed by atoms with Gasteiger partial charge in [0.2, 0.25) is 0 Å². The van der Waals surface area contributed by atoms with Gasteiger partial charge in [0, 0.05) is 57.5 Å². The van der Waals surface area contributed by atoms with Crippen LogP contribution in [0.5, 0.6) is 11.5 Å². The number of alkyl halides is 1. The number of amides is 2. The fourth-order valence-corrected chi connectivity index (χ4v) is 9.31. The zero-order valence-electron chi connectivity index (χ0n) is 33.1. The van der Waals surface area contributed by atoms with E-state index in [1.165, 1.54) is 28.4 Å². The van der Waals surface area contributed by atoms with Crippen LogP contribution in [0, 0.1) is 39.3 Å². The number of piperidine rings is 2. The highest BCUT2D eigenvalue weighted by atomic mass is 79.9. The van der Waals surface area contributed by atoms with E-state index in [9.17, 15) is 34.1 Å². The maximum Gasteiger partial charge on any atom is 0.307 e. The van der Waals surface area contributed by atoms with E-state index in [0.717, 1.165) is 21.5 Å². The lowest BCUT2D eigenvalue weighted by Gasteiger charge is -2.39. The molecule has 326 valence electrons. The quantitative estimate of drug-likeness (QED) is 0.124. The minimum absolute atomic E-state index is 0.135. The summed E-state index contributed by atoms with van der Waals surface area (Å²) in [4.78, 5) is 51.6. The molecule has 2 aliphatic heterocycles. The van der Waals surface area contributed by atoms with E-state index < -0.39 is 34.8 Å². The maximum atomic E-state index is 15.2. The van der Waals surface area contributed by atoms with Crippen molar-refractivity contribution < 1.29 is 47.6 Å². The summed E-state index contributed by atoms with van der Waals surface area (Å²) in [6.45, 7) is 0.854. The van der Waals surface area contributed by atoms with Crippen molar-refractivity contribution in [3.8, 4) is 23.6 Å². The monoisotopic (exact) mass is 1020 g/mol. The third-order valence-corrected chi connectivity index (χ3v) is 13.0. The first-order valence-corrected chi connectivity index (χ1v) is 22.1. The Balaban J connectivity index is 0.000000235. The number of benzene rings is 3. The normalized spacial score (nSPS) is 15.8. The molecule has 0 bridgehead atoms. The Labute approximate surface area is 382 Å². The molecule has 2 N–H and O–H groups in total. The molecule has 2 aliphatic rings. The zero-order valence-corrected chi connectivity index (χ0v) is 37.9. The number of carbonyl (C=O) groups is 4. The number of likely N-dealkylation sites (tertiary alicyclic amines) is 2. The van der Waals surface area contributed by atoms with Crippen molar-refractivity contribution in [2.45, 2.75) is 51.1 Å². The minimum atomic E-state index is -1.59. The molecule has 1 atom stereocenters. The van der Waals surface area contributed by atoms with Crippen LogP contribution in [0.2, 0.25) is 4.34 Å². The number of thiophene rings is 1. The fraction of sp³-hybridized carbons (Fsp3) is 0.364. The van der Waals surface area contributed by atoms with E-state index in [1.54, 1.807) is 41.3 Å². The van der Waals surface area contributed by atoms with Gasteiger partial charge in [0.05, 0.1) is 40.1 Å². The molecule has 2 fully saturated rings. The van der Waals surface area contributed by atoms with Gasteiger partial charge < -0.3 is 29.5 Å². The molecule has 4 aromatic rings. The SMILES string of the molecule is N#CC1(C(F)c2ccc(F)cc2)CCN(C(=O)COc2ccc(Br)cc2CC(=O)O)CC1.N#CC1(Cc2ccc(Cl)s2)CCN(C(=O)COc2ccc(Br)cc2CC(=O)O)CC1. The minimum Gasteiger partial charge on any atom is -0.483 e. The number of nitriles is 2. The number of hydrogen-bond donors (Lipinski definition) is 2. The average Bonchev–Trinajstić information content (AvgIpc) is 3.66. The van der Waals surface area contributed by atoms with Crippen molar-refractivity contribution in [2.24, 2.45) is 10.8 Å². The summed E-state index contributed by atoms with van der Waals surface area (Å²) >= 11 is 14.1. The molecule has 2 saturated heterocycles. The Morgan fingerprint density at radius 3 is 1.66 bits per heavy atom. The van der Waals surface area contributed by atoms with E-state index in [1.807, 2.05) is 12.1 Å². The number of carbonyl (C=O) groups excluding carboxylic acids is 2. The summed E-state index contributed by atoms with van der Waals surface area (Å²) in [5.41, 5.74) is -0.623. The third kappa shape index (κ3) is 13.0. The number of aliphatic carboxylic acids is 2. The second-order valence-electron chi connectivity index (χ2n) is 14.9. The molecule has 1 aromatic heterocycles. The molecular formula is C44H41Br2ClF2N4O8S. The van der Waals surface area contributed by atoms with Gasteiger partial charge in [-0.2, -0.15) is 10.5 Å². The first-order valence-electron chi connectivity index (χ1n) is 19.3. The first-order chi connectivity index (χ1) is 29.5. The second kappa shape index (κ2) is 21.8. The van der Waals surface area contributed by atoms with Crippen molar-refractivity contribution in [1.29, 1.82) is 10.5 Å². The molecule has 18 heteroatoms. The number of rotatable bonds is 14. The Bertz CT molecular complexity index is 2340. The predicted octanol–water partition coefficient (Wildman–Crippen LogP) is 8.98. The molecule has 3 heterocycles. The molecular weight excluding hydrogens is 978 g/mol.